The Morgan fingerprint density at radius 3 is 3.07 bits per heavy atom. The van der Waals surface area contributed by atoms with Crippen molar-refractivity contribution in [1.29, 1.82) is 0 Å². The van der Waals surface area contributed by atoms with Crippen molar-refractivity contribution in [2.75, 3.05) is 6.61 Å². The van der Waals surface area contributed by atoms with E-state index in [0.29, 0.717) is 6.42 Å². The molecule has 3 heteroatoms. The molecule has 0 aromatic carbocycles. The molecule has 0 spiro atoms. The van der Waals surface area contributed by atoms with Gasteiger partial charge in [0.15, 0.2) is 0 Å². The van der Waals surface area contributed by atoms with Crippen molar-refractivity contribution < 1.29 is 14.6 Å². The Bertz CT molecular complexity index is 221. The van der Waals surface area contributed by atoms with Crippen LogP contribution in [0.4, 0.5) is 0 Å². The molecule has 0 amide bonds. The molecule has 2 unspecified atom stereocenters. The number of aliphatic hydroxyl groups is 1. The smallest absolute Gasteiger partial charge is 0.309 e. The number of rotatable bonds is 3. The monoisotopic (exact) mass is 198 g/mol. The van der Waals surface area contributed by atoms with Crippen molar-refractivity contribution in [3.05, 3.63) is 12.7 Å². The normalized spacial score (nSPS) is 32.3. The first-order chi connectivity index (χ1) is 6.55. The number of hydrogen-bond donors (Lipinski definition) is 1. The molecule has 80 valence electrons. The van der Waals surface area contributed by atoms with Crippen molar-refractivity contribution in [3.63, 3.8) is 0 Å². The van der Waals surface area contributed by atoms with Gasteiger partial charge in [0.2, 0.25) is 0 Å². The van der Waals surface area contributed by atoms with Crippen LogP contribution in [0.1, 0.15) is 32.6 Å². The molecule has 2 atom stereocenters. The standard InChI is InChI=1S/C11H18O3/c1-3-7-14-10(12)9-5-4-6-11(2,13)8-9/h3,9,13H,1,4-8H2,2H3. The highest BCUT2D eigenvalue weighted by molar-refractivity contribution is 5.72. The van der Waals surface area contributed by atoms with Crippen LogP contribution in [0, 0.1) is 5.92 Å². The van der Waals surface area contributed by atoms with E-state index in [1.54, 1.807) is 13.0 Å². The summed E-state index contributed by atoms with van der Waals surface area (Å²) in [4.78, 5) is 11.5. The summed E-state index contributed by atoms with van der Waals surface area (Å²) in [5.41, 5.74) is -0.698. The van der Waals surface area contributed by atoms with Gasteiger partial charge in [0.05, 0.1) is 11.5 Å². The van der Waals surface area contributed by atoms with Gasteiger partial charge in [-0.25, -0.2) is 0 Å². The Morgan fingerprint density at radius 2 is 2.50 bits per heavy atom. The minimum Gasteiger partial charge on any atom is -0.461 e. The molecule has 0 radical (unpaired) electrons. The van der Waals surface area contributed by atoms with E-state index in [9.17, 15) is 9.90 Å². The zero-order valence-corrected chi connectivity index (χ0v) is 8.66. The third-order valence-corrected chi connectivity index (χ3v) is 2.63. The van der Waals surface area contributed by atoms with Gasteiger partial charge in [-0.05, 0) is 32.6 Å². The minimum absolute atomic E-state index is 0.140. The molecule has 0 saturated heterocycles. The second-order valence-corrected chi connectivity index (χ2v) is 4.21. The van der Waals surface area contributed by atoms with Crippen molar-refractivity contribution >= 4 is 5.97 Å². The Labute approximate surface area is 84.8 Å². The van der Waals surface area contributed by atoms with Crippen LogP contribution in [0.2, 0.25) is 0 Å². The molecule has 0 aromatic rings. The predicted octanol–water partition coefficient (Wildman–Crippen LogP) is 1.66. The molecule has 0 heterocycles. The topological polar surface area (TPSA) is 46.5 Å². The summed E-state index contributed by atoms with van der Waals surface area (Å²) in [5.74, 6) is -0.344. The fraction of sp³-hybridized carbons (Fsp3) is 0.727. The summed E-state index contributed by atoms with van der Waals surface area (Å²) >= 11 is 0. The van der Waals surface area contributed by atoms with E-state index in [1.165, 1.54) is 0 Å². The lowest BCUT2D eigenvalue weighted by Crippen LogP contribution is -2.35. The van der Waals surface area contributed by atoms with Gasteiger partial charge in [-0.2, -0.15) is 0 Å². The maximum absolute atomic E-state index is 11.5. The van der Waals surface area contributed by atoms with Crippen molar-refractivity contribution in [1.82, 2.24) is 0 Å². The lowest BCUT2D eigenvalue weighted by atomic mass is 9.79. The van der Waals surface area contributed by atoms with Crippen LogP contribution in [0.15, 0.2) is 12.7 Å². The molecular formula is C11H18O3. The number of carbonyl (C=O) groups excluding carboxylic acids is 1. The number of hydrogen-bond acceptors (Lipinski definition) is 3. The molecular weight excluding hydrogens is 180 g/mol. The Morgan fingerprint density at radius 1 is 1.79 bits per heavy atom. The molecule has 3 nitrogen and oxygen atoms in total. The molecule has 1 N–H and O–H groups in total. The van der Waals surface area contributed by atoms with E-state index in [1.807, 2.05) is 0 Å². The third kappa shape index (κ3) is 3.14. The summed E-state index contributed by atoms with van der Waals surface area (Å²) in [6, 6.07) is 0. The van der Waals surface area contributed by atoms with Crippen LogP contribution in [0.25, 0.3) is 0 Å². The van der Waals surface area contributed by atoms with Gasteiger partial charge >= 0.3 is 5.97 Å². The number of ether oxygens (including phenoxy) is 1. The van der Waals surface area contributed by atoms with E-state index >= 15 is 0 Å². The third-order valence-electron chi connectivity index (χ3n) is 2.63. The first kappa shape index (κ1) is 11.2. The van der Waals surface area contributed by atoms with Gasteiger partial charge in [0, 0.05) is 0 Å². The highest BCUT2D eigenvalue weighted by Crippen LogP contribution is 2.32. The zero-order chi connectivity index (χ0) is 10.6. The van der Waals surface area contributed by atoms with E-state index in [-0.39, 0.29) is 18.5 Å². The quantitative estimate of drug-likeness (QED) is 0.554. The van der Waals surface area contributed by atoms with E-state index in [0.717, 1.165) is 19.3 Å². The second kappa shape index (κ2) is 4.60. The Kier molecular flexibility index (Phi) is 3.69. The first-order valence-corrected chi connectivity index (χ1v) is 5.05. The molecule has 14 heavy (non-hydrogen) atoms. The maximum Gasteiger partial charge on any atom is 0.309 e. The van der Waals surface area contributed by atoms with Crippen LogP contribution in [-0.4, -0.2) is 23.3 Å². The number of carbonyl (C=O) groups is 1. The molecule has 1 saturated carbocycles. The van der Waals surface area contributed by atoms with Crippen LogP contribution in [-0.2, 0) is 9.53 Å². The molecule has 1 fully saturated rings. The second-order valence-electron chi connectivity index (χ2n) is 4.21. The first-order valence-electron chi connectivity index (χ1n) is 5.05. The largest absolute Gasteiger partial charge is 0.461 e. The summed E-state index contributed by atoms with van der Waals surface area (Å²) in [6.45, 7) is 5.52. The summed E-state index contributed by atoms with van der Waals surface area (Å²) in [6.07, 6.45) is 4.56. The van der Waals surface area contributed by atoms with E-state index in [2.05, 4.69) is 6.58 Å². The number of esters is 1. The van der Waals surface area contributed by atoms with E-state index < -0.39 is 5.60 Å². The van der Waals surface area contributed by atoms with Gasteiger partial charge in [-0.15, -0.1) is 0 Å². The average Bonchev–Trinajstić information content (AvgIpc) is 2.12. The zero-order valence-electron chi connectivity index (χ0n) is 8.66. The fourth-order valence-electron chi connectivity index (χ4n) is 1.92. The van der Waals surface area contributed by atoms with Crippen LogP contribution < -0.4 is 0 Å². The minimum atomic E-state index is -0.698. The Balaban J connectivity index is 2.43. The summed E-state index contributed by atoms with van der Waals surface area (Å²) in [7, 11) is 0. The fourth-order valence-corrected chi connectivity index (χ4v) is 1.92. The van der Waals surface area contributed by atoms with Crippen molar-refractivity contribution in [2.24, 2.45) is 5.92 Å². The Hall–Kier alpha value is -0.830. The maximum atomic E-state index is 11.5. The van der Waals surface area contributed by atoms with Gasteiger partial charge in [0.1, 0.15) is 6.61 Å². The van der Waals surface area contributed by atoms with Crippen LogP contribution in [0.5, 0.6) is 0 Å². The summed E-state index contributed by atoms with van der Waals surface area (Å²) in [5, 5.41) is 9.79. The summed E-state index contributed by atoms with van der Waals surface area (Å²) < 4.78 is 4.96. The lowest BCUT2D eigenvalue weighted by Gasteiger charge is -2.32. The molecule has 0 aromatic heterocycles. The molecule has 0 aliphatic heterocycles. The molecule has 1 aliphatic carbocycles. The molecule has 0 bridgehead atoms. The van der Waals surface area contributed by atoms with Gasteiger partial charge < -0.3 is 9.84 Å². The van der Waals surface area contributed by atoms with Gasteiger partial charge in [-0.3, -0.25) is 4.79 Å². The van der Waals surface area contributed by atoms with Crippen molar-refractivity contribution in [2.45, 2.75) is 38.2 Å². The van der Waals surface area contributed by atoms with Gasteiger partial charge in [0.25, 0.3) is 0 Å². The predicted molar refractivity (Wildman–Crippen MR) is 53.7 cm³/mol. The van der Waals surface area contributed by atoms with E-state index in [4.69, 9.17) is 4.74 Å². The van der Waals surface area contributed by atoms with Crippen LogP contribution in [0.3, 0.4) is 0 Å². The van der Waals surface area contributed by atoms with Gasteiger partial charge in [-0.1, -0.05) is 12.7 Å². The molecule has 1 aliphatic rings. The lowest BCUT2D eigenvalue weighted by molar-refractivity contribution is -0.151. The van der Waals surface area contributed by atoms with Crippen molar-refractivity contribution in [3.8, 4) is 0 Å². The highest BCUT2D eigenvalue weighted by Gasteiger charge is 2.34. The average molecular weight is 198 g/mol. The highest BCUT2D eigenvalue weighted by atomic mass is 16.5. The molecule has 1 rings (SSSR count). The SMILES string of the molecule is C=CCOC(=O)C1CCCC(C)(O)C1. The van der Waals surface area contributed by atoms with Crippen LogP contribution >= 0.6 is 0 Å².